The zero-order valence-corrected chi connectivity index (χ0v) is 10.1. The second-order valence-corrected chi connectivity index (χ2v) is 4.66. The van der Waals surface area contributed by atoms with Crippen LogP contribution in [0, 0.1) is 15.9 Å². The first-order valence-electron chi connectivity index (χ1n) is 5.85. The van der Waals surface area contributed by atoms with Crippen LogP contribution in [0.2, 0.25) is 0 Å². The minimum Gasteiger partial charge on any atom is -0.394 e. The number of nitro benzene ring substituents is 1. The van der Waals surface area contributed by atoms with Gasteiger partial charge in [-0.15, -0.1) is 0 Å². The van der Waals surface area contributed by atoms with Crippen molar-refractivity contribution in [2.75, 3.05) is 6.61 Å². The van der Waals surface area contributed by atoms with Crippen LogP contribution in [0.15, 0.2) is 18.2 Å². The van der Waals surface area contributed by atoms with Crippen LogP contribution in [0.3, 0.4) is 0 Å². The summed E-state index contributed by atoms with van der Waals surface area (Å²) in [6.07, 6.45) is 2.09. The molecule has 0 radical (unpaired) electrons. The maximum absolute atomic E-state index is 13.1. The zero-order valence-electron chi connectivity index (χ0n) is 10.1. The summed E-state index contributed by atoms with van der Waals surface area (Å²) in [5.74, 6) is -1.46. The molecule has 1 aromatic rings. The quantitative estimate of drug-likeness (QED) is 0.637. The highest BCUT2D eigenvalue weighted by Gasteiger charge is 2.38. The third-order valence-corrected chi connectivity index (χ3v) is 3.39. The van der Waals surface area contributed by atoms with E-state index in [0.29, 0.717) is 12.8 Å². The second kappa shape index (κ2) is 4.93. The number of halogens is 1. The fourth-order valence-corrected chi connectivity index (χ4v) is 2.08. The molecule has 1 aliphatic carbocycles. The van der Waals surface area contributed by atoms with Gasteiger partial charge in [0, 0.05) is 6.07 Å². The van der Waals surface area contributed by atoms with E-state index in [1.807, 2.05) is 0 Å². The van der Waals surface area contributed by atoms with E-state index in [-0.39, 0.29) is 12.2 Å². The smallest absolute Gasteiger partial charge is 0.282 e. The molecule has 0 bridgehead atoms. The predicted molar refractivity (Wildman–Crippen MR) is 64.2 cm³/mol. The molecule has 7 heteroatoms. The first-order chi connectivity index (χ1) is 8.97. The van der Waals surface area contributed by atoms with Gasteiger partial charge in [-0.25, -0.2) is 4.39 Å². The number of nitro groups is 1. The van der Waals surface area contributed by atoms with Crippen LogP contribution < -0.4 is 5.32 Å². The Bertz CT molecular complexity index is 523. The highest BCUT2D eigenvalue weighted by atomic mass is 19.1. The summed E-state index contributed by atoms with van der Waals surface area (Å²) in [4.78, 5) is 22.1. The first-order valence-corrected chi connectivity index (χ1v) is 5.85. The molecule has 1 saturated carbocycles. The average Bonchev–Trinajstić information content (AvgIpc) is 2.33. The molecule has 0 saturated heterocycles. The highest BCUT2D eigenvalue weighted by molar-refractivity contribution is 5.98. The van der Waals surface area contributed by atoms with Crippen LogP contribution in [-0.4, -0.2) is 28.1 Å². The molecule has 102 valence electrons. The van der Waals surface area contributed by atoms with Crippen molar-refractivity contribution in [3.05, 3.63) is 39.7 Å². The monoisotopic (exact) mass is 268 g/mol. The molecule has 1 fully saturated rings. The molecule has 2 N–H and O–H groups in total. The van der Waals surface area contributed by atoms with Crippen molar-refractivity contribution in [3.8, 4) is 0 Å². The molecular formula is C12H13FN2O4. The predicted octanol–water partition coefficient (Wildman–Crippen LogP) is 1.38. The number of aliphatic hydroxyl groups excluding tert-OH is 1. The van der Waals surface area contributed by atoms with Gasteiger partial charge in [0.2, 0.25) is 0 Å². The van der Waals surface area contributed by atoms with Gasteiger partial charge in [0.25, 0.3) is 11.6 Å². The number of nitrogens with one attached hydrogen (secondary N) is 1. The summed E-state index contributed by atoms with van der Waals surface area (Å²) in [7, 11) is 0. The van der Waals surface area contributed by atoms with Crippen LogP contribution >= 0.6 is 0 Å². The maximum atomic E-state index is 13.1. The van der Waals surface area contributed by atoms with E-state index < -0.39 is 27.9 Å². The third kappa shape index (κ3) is 2.55. The molecule has 0 heterocycles. The second-order valence-electron chi connectivity index (χ2n) is 4.66. The van der Waals surface area contributed by atoms with Gasteiger partial charge in [-0.2, -0.15) is 0 Å². The van der Waals surface area contributed by atoms with Gasteiger partial charge >= 0.3 is 0 Å². The number of amides is 1. The van der Waals surface area contributed by atoms with E-state index in [9.17, 15) is 24.4 Å². The lowest BCUT2D eigenvalue weighted by molar-refractivity contribution is -0.385. The van der Waals surface area contributed by atoms with E-state index in [1.54, 1.807) is 0 Å². The third-order valence-electron chi connectivity index (χ3n) is 3.39. The number of nitrogens with zero attached hydrogens (tertiary/aromatic N) is 1. The average molecular weight is 268 g/mol. The number of hydrogen-bond acceptors (Lipinski definition) is 4. The lowest BCUT2D eigenvalue weighted by atomic mass is 9.77. The Balaban J connectivity index is 2.28. The molecule has 0 aromatic heterocycles. The zero-order chi connectivity index (χ0) is 14.0. The molecule has 0 spiro atoms. The van der Waals surface area contributed by atoms with Crippen LogP contribution in [0.25, 0.3) is 0 Å². The number of hydrogen-bond donors (Lipinski definition) is 2. The number of carbonyl (C=O) groups excluding carboxylic acids is 1. The Hall–Kier alpha value is -2.02. The van der Waals surface area contributed by atoms with Crippen LogP contribution in [0.4, 0.5) is 10.1 Å². The molecule has 6 nitrogen and oxygen atoms in total. The Labute approximate surface area is 108 Å². The standard InChI is InChI=1S/C12H13FN2O4/c13-8-2-3-10(15(18)19)9(6-8)11(17)14-12(7-16)4-1-5-12/h2-3,6,16H,1,4-5,7H2,(H,14,17). The van der Waals surface area contributed by atoms with Crippen molar-refractivity contribution < 1.29 is 19.2 Å². The fraction of sp³-hybridized carbons (Fsp3) is 0.417. The highest BCUT2D eigenvalue weighted by Crippen LogP contribution is 2.32. The molecule has 2 rings (SSSR count). The molecule has 19 heavy (non-hydrogen) atoms. The SMILES string of the molecule is O=C(NC1(CO)CCC1)c1cc(F)ccc1[N+](=O)[O-]. The van der Waals surface area contributed by atoms with E-state index in [2.05, 4.69) is 5.32 Å². The normalized spacial score (nSPS) is 16.5. The van der Waals surface area contributed by atoms with Gasteiger partial charge in [-0.1, -0.05) is 0 Å². The van der Waals surface area contributed by atoms with Crippen molar-refractivity contribution in [1.82, 2.24) is 5.32 Å². The van der Waals surface area contributed by atoms with E-state index in [0.717, 1.165) is 24.6 Å². The molecule has 0 atom stereocenters. The number of carbonyl (C=O) groups is 1. The molecular weight excluding hydrogens is 255 g/mol. The lowest BCUT2D eigenvalue weighted by Crippen LogP contribution is -2.56. The summed E-state index contributed by atoms with van der Waals surface area (Å²) in [6.45, 7) is -0.234. The Morgan fingerprint density at radius 1 is 1.53 bits per heavy atom. The van der Waals surface area contributed by atoms with Crippen LogP contribution in [-0.2, 0) is 0 Å². The van der Waals surface area contributed by atoms with Crippen molar-refractivity contribution in [2.24, 2.45) is 0 Å². The molecule has 1 aromatic carbocycles. The number of aliphatic hydroxyl groups is 1. The van der Waals surface area contributed by atoms with Gasteiger partial charge in [-0.3, -0.25) is 14.9 Å². The van der Waals surface area contributed by atoms with Crippen molar-refractivity contribution in [3.63, 3.8) is 0 Å². The summed E-state index contributed by atoms with van der Waals surface area (Å²) < 4.78 is 13.1. The minimum absolute atomic E-state index is 0.234. The summed E-state index contributed by atoms with van der Waals surface area (Å²) in [6, 6.07) is 2.72. The topological polar surface area (TPSA) is 92.5 Å². The summed E-state index contributed by atoms with van der Waals surface area (Å²) in [5, 5.41) is 22.6. The molecule has 1 amide bonds. The maximum Gasteiger partial charge on any atom is 0.282 e. The molecule has 1 aliphatic rings. The van der Waals surface area contributed by atoms with Crippen molar-refractivity contribution in [1.29, 1.82) is 0 Å². The van der Waals surface area contributed by atoms with E-state index >= 15 is 0 Å². The first kappa shape index (κ1) is 13.4. The van der Waals surface area contributed by atoms with Gasteiger partial charge in [0.15, 0.2) is 0 Å². The van der Waals surface area contributed by atoms with Gasteiger partial charge in [0.05, 0.1) is 17.1 Å². The fourth-order valence-electron chi connectivity index (χ4n) is 2.08. The molecule has 0 aliphatic heterocycles. The largest absolute Gasteiger partial charge is 0.394 e. The van der Waals surface area contributed by atoms with Crippen LogP contribution in [0.5, 0.6) is 0 Å². The van der Waals surface area contributed by atoms with Gasteiger partial charge in [-0.05, 0) is 31.4 Å². The summed E-state index contributed by atoms with van der Waals surface area (Å²) >= 11 is 0. The van der Waals surface area contributed by atoms with Gasteiger partial charge in [0.1, 0.15) is 11.4 Å². The Morgan fingerprint density at radius 3 is 2.68 bits per heavy atom. The van der Waals surface area contributed by atoms with Crippen molar-refractivity contribution >= 4 is 11.6 Å². The van der Waals surface area contributed by atoms with Crippen LogP contribution in [0.1, 0.15) is 29.6 Å². The Kier molecular flexibility index (Phi) is 3.48. The Morgan fingerprint density at radius 2 is 2.21 bits per heavy atom. The van der Waals surface area contributed by atoms with E-state index in [1.165, 1.54) is 0 Å². The van der Waals surface area contributed by atoms with Crippen molar-refractivity contribution in [2.45, 2.75) is 24.8 Å². The van der Waals surface area contributed by atoms with E-state index in [4.69, 9.17) is 0 Å². The number of benzene rings is 1. The van der Waals surface area contributed by atoms with Gasteiger partial charge < -0.3 is 10.4 Å². The minimum atomic E-state index is -0.736. The summed E-state index contributed by atoms with van der Waals surface area (Å²) in [5.41, 5.74) is -1.51. The number of rotatable bonds is 4. The lowest BCUT2D eigenvalue weighted by Gasteiger charge is -2.40. The molecule has 0 unspecified atom stereocenters.